The van der Waals surface area contributed by atoms with Gasteiger partial charge in [-0.15, -0.1) is 0 Å². The molecule has 7 heteroatoms. The van der Waals surface area contributed by atoms with Gasteiger partial charge in [-0.1, -0.05) is 26.8 Å². The van der Waals surface area contributed by atoms with Crippen LogP contribution in [0.5, 0.6) is 0 Å². The fourth-order valence-electron chi connectivity index (χ4n) is 8.06. The molecule has 3 N–H and O–H groups in total. The van der Waals surface area contributed by atoms with E-state index < -0.39 is 46.9 Å². The maximum Gasteiger partial charge on any atom is 0.302 e. The van der Waals surface area contributed by atoms with Crippen LogP contribution in [-0.4, -0.2) is 58.8 Å². The number of carbonyl (C=O) groups excluding carboxylic acids is 2. The Morgan fingerprint density at radius 3 is 2.57 bits per heavy atom. The largest absolute Gasteiger partial charge is 0.462 e. The molecule has 168 valence electrons. The number of aliphatic hydroxyl groups excluding tert-OH is 3. The van der Waals surface area contributed by atoms with E-state index in [0.29, 0.717) is 25.0 Å². The molecule has 1 spiro atoms. The molecule has 0 aromatic carbocycles. The first-order chi connectivity index (χ1) is 14.0. The van der Waals surface area contributed by atoms with Crippen LogP contribution in [0.1, 0.15) is 52.9 Å². The van der Waals surface area contributed by atoms with Gasteiger partial charge >= 0.3 is 5.97 Å². The molecule has 0 amide bonds. The highest BCUT2D eigenvalue weighted by Gasteiger charge is 2.76. The van der Waals surface area contributed by atoms with Gasteiger partial charge in [0.1, 0.15) is 12.9 Å². The number of hydrogen-bond acceptors (Lipinski definition) is 7. The normalized spacial score (nSPS) is 50.1. The second-order valence-electron chi connectivity index (χ2n) is 10.5. The minimum absolute atomic E-state index is 0.0144. The molecule has 0 aliphatic heterocycles. The second-order valence-corrected chi connectivity index (χ2v) is 10.5. The highest BCUT2D eigenvalue weighted by molar-refractivity contribution is 6.04. The average Bonchev–Trinajstić information content (AvgIpc) is 2.78. The van der Waals surface area contributed by atoms with Crippen LogP contribution in [0.25, 0.3) is 0 Å². The fourth-order valence-corrected chi connectivity index (χ4v) is 8.06. The number of ketones is 1. The molecule has 4 saturated carbocycles. The summed E-state index contributed by atoms with van der Waals surface area (Å²) in [7, 11) is 0. The van der Waals surface area contributed by atoms with Crippen molar-refractivity contribution >= 4 is 11.8 Å². The summed E-state index contributed by atoms with van der Waals surface area (Å²) < 4.78 is 11.2. The van der Waals surface area contributed by atoms with Crippen LogP contribution in [0.15, 0.2) is 12.2 Å². The third kappa shape index (κ3) is 2.65. The van der Waals surface area contributed by atoms with Crippen molar-refractivity contribution in [3.63, 3.8) is 0 Å². The van der Waals surface area contributed by atoms with Gasteiger partial charge in [-0.05, 0) is 48.0 Å². The summed E-state index contributed by atoms with van der Waals surface area (Å²) in [6.07, 6.45) is 0.623. The molecule has 0 saturated heterocycles. The van der Waals surface area contributed by atoms with E-state index >= 15 is 0 Å². The predicted molar refractivity (Wildman–Crippen MR) is 107 cm³/mol. The Kier molecular flexibility index (Phi) is 5.21. The topological polar surface area (TPSA) is 113 Å². The van der Waals surface area contributed by atoms with Crippen LogP contribution in [0.3, 0.4) is 0 Å². The first-order valence-corrected chi connectivity index (χ1v) is 11.0. The van der Waals surface area contributed by atoms with Crippen molar-refractivity contribution in [3.05, 3.63) is 12.2 Å². The number of rotatable bonds is 4. The summed E-state index contributed by atoms with van der Waals surface area (Å²) >= 11 is 0. The lowest BCUT2D eigenvalue weighted by Crippen LogP contribution is -2.70. The Balaban J connectivity index is 1.86. The molecule has 30 heavy (non-hydrogen) atoms. The van der Waals surface area contributed by atoms with Crippen LogP contribution in [0.2, 0.25) is 0 Å². The first kappa shape index (κ1) is 21.9. The zero-order valence-electron chi connectivity index (χ0n) is 18.1. The number of fused-ring (bicyclic) bond motifs is 3. The maximum atomic E-state index is 13.5. The van der Waals surface area contributed by atoms with Crippen LogP contribution >= 0.6 is 0 Å². The fraction of sp³-hybridized carbons (Fsp3) is 0.826. The van der Waals surface area contributed by atoms with Crippen LogP contribution in [0.4, 0.5) is 0 Å². The summed E-state index contributed by atoms with van der Waals surface area (Å²) in [6, 6.07) is 0. The Morgan fingerprint density at radius 2 is 1.93 bits per heavy atom. The lowest BCUT2D eigenvalue weighted by atomic mass is 9.39. The lowest BCUT2D eigenvalue weighted by molar-refractivity contribution is -0.261. The van der Waals surface area contributed by atoms with E-state index in [4.69, 9.17) is 9.47 Å². The smallest absolute Gasteiger partial charge is 0.302 e. The van der Waals surface area contributed by atoms with Crippen LogP contribution < -0.4 is 0 Å². The van der Waals surface area contributed by atoms with Gasteiger partial charge in [0, 0.05) is 18.8 Å². The van der Waals surface area contributed by atoms with E-state index in [1.54, 1.807) is 0 Å². The number of Topliss-reactive ketones (excluding diaryl/α,β-unsaturated/α-hetero) is 1. The first-order valence-electron chi connectivity index (χ1n) is 11.0. The van der Waals surface area contributed by atoms with E-state index in [1.807, 2.05) is 0 Å². The van der Waals surface area contributed by atoms with E-state index in [9.17, 15) is 24.9 Å². The molecular weight excluding hydrogens is 388 g/mol. The highest BCUT2D eigenvalue weighted by Crippen LogP contribution is 2.71. The van der Waals surface area contributed by atoms with Crippen molar-refractivity contribution in [1.82, 2.24) is 0 Å². The van der Waals surface area contributed by atoms with Gasteiger partial charge in [0.25, 0.3) is 0 Å². The van der Waals surface area contributed by atoms with E-state index in [2.05, 4.69) is 20.4 Å². The van der Waals surface area contributed by atoms with Crippen molar-refractivity contribution < 1.29 is 34.4 Å². The van der Waals surface area contributed by atoms with Gasteiger partial charge < -0.3 is 24.8 Å². The summed E-state index contributed by atoms with van der Waals surface area (Å²) in [5.74, 6) is -1.72. The molecule has 4 rings (SSSR count). The van der Waals surface area contributed by atoms with Crippen LogP contribution in [-0.2, 0) is 19.1 Å². The highest BCUT2D eigenvalue weighted by atomic mass is 16.6. The van der Waals surface area contributed by atoms with Gasteiger partial charge in [-0.25, -0.2) is 0 Å². The zero-order valence-corrected chi connectivity index (χ0v) is 18.1. The molecule has 2 bridgehead atoms. The second kappa shape index (κ2) is 7.12. The molecule has 7 nitrogen and oxygen atoms in total. The number of carbonyl (C=O) groups is 2. The number of hydrogen-bond donors (Lipinski definition) is 3. The number of esters is 1. The molecule has 9 atom stereocenters. The molecule has 4 aliphatic carbocycles. The third-order valence-corrected chi connectivity index (χ3v) is 9.04. The average molecular weight is 423 g/mol. The summed E-state index contributed by atoms with van der Waals surface area (Å²) in [6.45, 7) is 9.50. The Hall–Kier alpha value is -1.28. The quantitative estimate of drug-likeness (QED) is 0.358. The third-order valence-electron chi connectivity index (χ3n) is 9.04. The molecule has 4 fully saturated rings. The standard InChI is InChI=1S/C23H34O7/c1-12-14-8-15(30-13(2)25)18-22(4)7-5-6-21(3,10-29-11-24)16(22)9-17(26)23(18,19(12)27)20(14)28/h14-18,20,24,26,28H,1,5-11H2,2-4H3/t14-,15-,16+,17+,18-,20+,21-,22+,23+/m0/s1. The van der Waals surface area contributed by atoms with E-state index in [1.165, 1.54) is 6.92 Å². The minimum Gasteiger partial charge on any atom is -0.462 e. The monoisotopic (exact) mass is 422 g/mol. The summed E-state index contributed by atoms with van der Waals surface area (Å²) in [5, 5.41) is 32.0. The summed E-state index contributed by atoms with van der Waals surface area (Å²) in [4.78, 5) is 25.5. The van der Waals surface area contributed by atoms with Crippen molar-refractivity contribution in [2.24, 2.45) is 34.0 Å². The number of aliphatic hydroxyl groups is 3. The number of ether oxygens (including phenoxy) is 2. The lowest BCUT2D eigenvalue weighted by Gasteiger charge is -2.66. The van der Waals surface area contributed by atoms with Gasteiger partial charge in [0.15, 0.2) is 5.78 Å². The Morgan fingerprint density at radius 1 is 1.23 bits per heavy atom. The van der Waals surface area contributed by atoms with E-state index in [-0.39, 0.29) is 23.9 Å². The van der Waals surface area contributed by atoms with E-state index in [0.717, 1.165) is 19.3 Å². The molecule has 4 aliphatic rings. The van der Waals surface area contributed by atoms with Crippen LogP contribution in [0, 0.1) is 34.0 Å². The van der Waals surface area contributed by atoms with Crippen molar-refractivity contribution in [2.45, 2.75) is 71.2 Å². The van der Waals surface area contributed by atoms with Gasteiger partial charge in [-0.2, -0.15) is 0 Å². The maximum absolute atomic E-state index is 13.5. The summed E-state index contributed by atoms with van der Waals surface area (Å²) in [5.41, 5.74) is -1.80. The van der Waals surface area contributed by atoms with Gasteiger partial charge in [0.05, 0.1) is 24.2 Å². The predicted octanol–water partition coefficient (Wildman–Crippen LogP) is 1.58. The van der Waals surface area contributed by atoms with Gasteiger partial charge in [0.2, 0.25) is 0 Å². The molecule has 0 aromatic rings. The molecule has 0 aromatic heterocycles. The molecule has 0 radical (unpaired) electrons. The SMILES string of the molecule is C=C1C(=O)[C@@]23[C@H](O)C[C@@H]4[C@](C)(COCO)CCC[C@@]4(C)[C@@H]2[C@@H](OC(C)=O)C[C@@H]1[C@H]3O. The minimum atomic E-state index is -1.39. The van der Waals surface area contributed by atoms with Crippen molar-refractivity contribution in [2.75, 3.05) is 13.4 Å². The zero-order chi connectivity index (χ0) is 22.1. The Bertz CT molecular complexity index is 765. The molecule has 0 unspecified atom stereocenters. The van der Waals surface area contributed by atoms with Crippen molar-refractivity contribution in [3.8, 4) is 0 Å². The Labute approximate surface area is 177 Å². The van der Waals surface area contributed by atoms with Crippen molar-refractivity contribution in [1.29, 1.82) is 0 Å². The van der Waals surface area contributed by atoms with Gasteiger partial charge in [-0.3, -0.25) is 9.59 Å². The molecule has 0 heterocycles. The molecular formula is C23H34O7.